The monoisotopic (exact) mass is 395 g/mol. The Kier molecular flexibility index (Phi) is 9.43. The zero-order chi connectivity index (χ0) is 13.4. The fraction of sp³-hybridized carbons (Fsp3) is 0.643. The maximum atomic E-state index is 4.22. The van der Waals surface area contributed by atoms with Crippen LogP contribution in [0.1, 0.15) is 32.1 Å². The molecule has 0 spiro atoms. The van der Waals surface area contributed by atoms with Crippen LogP contribution in [0.15, 0.2) is 22.5 Å². The molecule has 3 nitrogen and oxygen atoms in total. The van der Waals surface area contributed by atoms with Crippen LogP contribution in [0.3, 0.4) is 0 Å². The van der Waals surface area contributed by atoms with Crippen molar-refractivity contribution in [1.82, 2.24) is 10.6 Å². The van der Waals surface area contributed by atoms with Gasteiger partial charge in [0.2, 0.25) is 0 Å². The van der Waals surface area contributed by atoms with Gasteiger partial charge in [0.1, 0.15) is 0 Å². The predicted octanol–water partition coefficient (Wildman–Crippen LogP) is 3.51. The number of hydrogen-bond donors (Lipinski definition) is 2. The minimum absolute atomic E-state index is 0. The van der Waals surface area contributed by atoms with E-state index in [2.05, 4.69) is 53.9 Å². The lowest BCUT2D eigenvalue weighted by Gasteiger charge is -2.19. The molecular formula is C14H26IN3S. The molecule has 1 aromatic rings. The van der Waals surface area contributed by atoms with Crippen molar-refractivity contribution in [3.05, 3.63) is 22.4 Å². The standard InChI is InChI=1S/C14H25N3S.HI/c1-14(2,3)8-10-17-13(15-4)16-9-7-12-6-5-11-18-12;/h5-6,11H,7-10H2,1-4H3,(H2,15,16,17);1H. The Bertz CT molecular complexity index is 355. The molecule has 0 saturated heterocycles. The first-order chi connectivity index (χ1) is 8.51. The third kappa shape index (κ3) is 9.27. The topological polar surface area (TPSA) is 36.4 Å². The van der Waals surface area contributed by atoms with Crippen LogP contribution in [0.25, 0.3) is 0 Å². The van der Waals surface area contributed by atoms with Gasteiger partial charge in [-0.2, -0.15) is 0 Å². The summed E-state index contributed by atoms with van der Waals surface area (Å²) in [6, 6.07) is 4.26. The lowest BCUT2D eigenvalue weighted by molar-refractivity contribution is 0.377. The molecule has 0 aliphatic carbocycles. The predicted molar refractivity (Wildman–Crippen MR) is 96.9 cm³/mol. The first-order valence-corrected chi connectivity index (χ1v) is 7.36. The van der Waals surface area contributed by atoms with Crippen molar-refractivity contribution in [1.29, 1.82) is 0 Å². The molecule has 0 bridgehead atoms. The van der Waals surface area contributed by atoms with Crippen molar-refractivity contribution < 1.29 is 0 Å². The van der Waals surface area contributed by atoms with Crippen LogP contribution < -0.4 is 10.6 Å². The van der Waals surface area contributed by atoms with Crippen LogP contribution in [-0.2, 0) is 6.42 Å². The Labute approximate surface area is 138 Å². The summed E-state index contributed by atoms with van der Waals surface area (Å²) in [6.45, 7) is 8.64. The van der Waals surface area contributed by atoms with Crippen molar-refractivity contribution in [2.24, 2.45) is 10.4 Å². The van der Waals surface area contributed by atoms with Gasteiger partial charge in [-0.1, -0.05) is 26.8 Å². The summed E-state index contributed by atoms with van der Waals surface area (Å²) in [5.74, 6) is 0.899. The van der Waals surface area contributed by atoms with Gasteiger partial charge < -0.3 is 10.6 Å². The number of nitrogens with zero attached hydrogens (tertiary/aromatic N) is 1. The summed E-state index contributed by atoms with van der Waals surface area (Å²) in [5.41, 5.74) is 0.364. The summed E-state index contributed by atoms with van der Waals surface area (Å²) in [7, 11) is 1.82. The Morgan fingerprint density at radius 1 is 1.26 bits per heavy atom. The average Bonchev–Trinajstić information content (AvgIpc) is 2.78. The lowest BCUT2D eigenvalue weighted by Crippen LogP contribution is -2.39. The molecule has 1 rings (SSSR count). The molecule has 5 heteroatoms. The largest absolute Gasteiger partial charge is 0.356 e. The number of hydrogen-bond acceptors (Lipinski definition) is 2. The van der Waals surface area contributed by atoms with E-state index in [1.54, 1.807) is 11.3 Å². The van der Waals surface area contributed by atoms with E-state index in [0.717, 1.165) is 31.9 Å². The SMILES string of the molecule is CN=C(NCCc1cccs1)NCCC(C)(C)C.I. The van der Waals surface area contributed by atoms with Crippen LogP contribution in [0.2, 0.25) is 0 Å². The van der Waals surface area contributed by atoms with E-state index in [1.807, 2.05) is 7.05 Å². The number of guanidine groups is 1. The molecule has 2 N–H and O–H groups in total. The average molecular weight is 395 g/mol. The molecule has 0 atom stereocenters. The maximum absolute atomic E-state index is 4.22. The van der Waals surface area contributed by atoms with Gasteiger partial charge in [-0.15, -0.1) is 35.3 Å². The van der Waals surface area contributed by atoms with E-state index >= 15 is 0 Å². The quantitative estimate of drug-likeness (QED) is 0.455. The summed E-state index contributed by atoms with van der Waals surface area (Å²) in [6.07, 6.45) is 2.19. The minimum atomic E-state index is 0. The van der Waals surface area contributed by atoms with Crippen LogP contribution in [-0.4, -0.2) is 26.1 Å². The number of aliphatic imine (C=N–C) groups is 1. The van der Waals surface area contributed by atoms with E-state index in [9.17, 15) is 0 Å². The highest BCUT2D eigenvalue weighted by Crippen LogP contribution is 2.16. The van der Waals surface area contributed by atoms with Crippen molar-refractivity contribution in [2.45, 2.75) is 33.6 Å². The van der Waals surface area contributed by atoms with E-state index in [-0.39, 0.29) is 24.0 Å². The number of halogens is 1. The van der Waals surface area contributed by atoms with Gasteiger partial charge in [-0.25, -0.2) is 0 Å². The molecule has 0 fully saturated rings. The van der Waals surface area contributed by atoms with Crippen LogP contribution in [0.5, 0.6) is 0 Å². The Morgan fingerprint density at radius 3 is 2.47 bits per heavy atom. The maximum Gasteiger partial charge on any atom is 0.190 e. The van der Waals surface area contributed by atoms with Gasteiger partial charge >= 0.3 is 0 Å². The number of rotatable bonds is 5. The molecule has 19 heavy (non-hydrogen) atoms. The molecule has 0 saturated carbocycles. The molecular weight excluding hydrogens is 369 g/mol. The highest BCUT2D eigenvalue weighted by atomic mass is 127. The van der Waals surface area contributed by atoms with Crippen LogP contribution >= 0.6 is 35.3 Å². The normalized spacial score (nSPS) is 11.9. The van der Waals surface area contributed by atoms with Crippen LogP contribution in [0, 0.1) is 5.41 Å². The van der Waals surface area contributed by atoms with Gasteiger partial charge in [-0.05, 0) is 29.7 Å². The van der Waals surface area contributed by atoms with Gasteiger partial charge in [0, 0.05) is 25.0 Å². The van der Waals surface area contributed by atoms with Gasteiger partial charge in [-0.3, -0.25) is 4.99 Å². The van der Waals surface area contributed by atoms with Crippen LogP contribution in [0.4, 0.5) is 0 Å². The molecule has 0 aliphatic rings. The number of nitrogens with one attached hydrogen (secondary N) is 2. The molecule has 1 aromatic heterocycles. The number of thiophene rings is 1. The zero-order valence-corrected chi connectivity index (χ0v) is 15.5. The minimum Gasteiger partial charge on any atom is -0.356 e. The van der Waals surface area contributed by atoms with Crippen molar-refractivity contribution in [2.75, 3.05) is 20.1 Å². The Hall–Kier alpha value is -0.300. The summed E-state index contributed by atoms with van der Waals surface area (Å²) in [4.78, 5) is 5.63. The molecule has 0 radical (unpaired) electrons. The Balaban J connectivity index is 0.00000324. The molecule has 0 aliphatic heterocycles. The van der Waals surface area contributed by atoms with Crippen molar-refractivity contribution >= 4 is 41.3 Å². The highest BCUT2D eigenvalue weighted by Gasteiger charge is 2.09. The fourth-order valence-electron chi connectivity index (χ4n) is 1.54. The second kappa shape index (κ2) is 9.58. The fourth-order valence-corrected chi connectivity index (χ4v) is 2.24. The summed E-state index contributed by atoms with van der Waals surface area (Å²) < 4.78 is 0. The zero-order valence-electron chi connectivity index (χ0n) is 12.3. The van der Waals surface area contributed by atoms with E-state index in [4.69, 9.17) is 0 Å². The lowest BCUT2D eigenvalue weighted by atomic mass is 9.92. The molecule has 0 aromatic carbocycles. The van der Waals surface area contributed by atoms with Crippen molar-refractivity contribution in [3.8, 4) is 0 Å². The summed E-state index contributed by atoms with van der Waals surface area (Å²) >= 11 is 1.80. The smallest absolute Gasteiger partial charge is 0.190 e. The molecule has 1 heterocycles. The van der Waals surface area contributed by atoms with Gasteiger partial charge in [0.15, 0.2) is 5.96 Å². The van der Waals surface area contributed by atoms with Gasteiger partial charge in [0.05, 0.1) is 0 Å². The molecule has 110 valence electrons. The van der Waals surface area contributed by atoms with Crippen molar-refractivity contribution in [3.63, 3.8) is 0 Å². The second-order valence-corrected chi connectivity index (χ2v) is 6.60. The second-order valence-electron chi connectivity index (χ2n) is 5.57. The van der Waals surface area contributed by atoms with Gasteiger partial charge in [0.25, 0.3) is 0 Å². The van der Waals surface area contributed by atoms with E-state index in [0.29, 0.717) is 5.41 Å². The Morgan fingerprint density at radius 2 is 1.95 bits per heavy atom. The third-order valence-electron chi connectivity index (χ3n) is 2.63. The molecule has 0 unspecified atom stereocenters. The highest BCUT2D eigenvalue weighted by molar-refractivity contribution is 14.0. The first-order valence-electron chi connectivity index (χ1n) is 6.48. The third-order valence-corrected chi connectivity index (χ3v) is 3.57. The first kappa shape index (κ1) is 18.7. The summed E-state index contributed by atoms with van der Waals surface area (Å²) in [5, 5.41) is 8.80. The molecule has 0 amide bonds. The van der Waals surface area contributed by atoms with E-state index in [1.165, 1.54) is 4.88 Å². The van der Waals surface area contributed by atoms with E-state index < -0.39 is 0 Å².